The number of carbonyl (C=O) groups excluding carboxylic acids is 2. The Morgan fingerprint density at radius 1 is 1.23 bits per heavy atom. The van der Waals surface area contributed by atoms with Gasteiger partial charge in [-0.2, -0.15) is 0 Å². The summed E-state index contributed by atoms with van der Waals surface area (Å²) in [7, 11) is 0. The molecule has 0 bridgehead atoms. The predicted molar refractivity (Wildman–Crippen MR) is 99.2 cm³/mol. The van der Waals surface area contributed by atoms with Crippen LogP contribution in [0.5, 0.6) is 5.75 Å². The van der Waals surface area contributed by atoms with Gasteiger partial charge >= 0.3 is 0 Å². The van der Waals surface area contributed by atoms with E-state index in [-0.39, 0.29) is 29.1 Å². The molecule has 2 amide bonds. The van der Waals surface area contributed by atoms with Gasteiger partial charge in [0.25, 0.3) is 0 Å². The second-order valence-electron chi connectivity index (χ2n) is 5.90. The van der Waals surface area contributed by atoms with E-state index >= 15 is 0 Å². The zero-order valence-corrected chi connectivity index (χ0v) is 15.3. The Morgan fingerprint density at radius 3 is 2.62 bits per heavy atom. The third-order valence-corrected chi connectivity index (χ3v) is 4.08. The van der Waals surface area contributed by atoms with Gasteiger partial charge in [-0.15, -0.1) is 0 Å². The first-order valence-electron chi connectivity index (χ1n) is 8.06. The Balaban J connectivity index is 1.88. The number of nitrogens with two attached hydrogens (primary N) is 1. The third-order valence-electron chi connectivity index (χ3n) is 3.85. The number of ether oxygens (including phenoxy) is 1. The fraction of sp³-hybridized carbons (Fsp3) is 0.263. The quantitative estimate of drug-likeness (QED) is 0.714. The van der Waals surface area contributed by atoms with Gasteiger partial charge in [0.05, 0.1) is 6.61 Å². The van der Waals surface area contributed by atoms with Crippen LogP contribution in [0.2, 0.25) is 5.02 Å². The number of amides is 2. The van der Waals surface area contributed by atoms with Crippen LogP contribution in [-0.2, 0) is 4.79 Å². The number of rotatable bonds is 7. The molecule has 26 heavy (non-hydrogen) atoms. The maximum atomic E-state index is 13.8. The van der Waals surface area contributed by atoms with Crippen molar-refractivity contribution in [1.82, 2.24) is 0 Å². The molecule has 0 aliphatic carbocycles. The summed E-state index contributed by atoms with van der Waals surface area (Å²) in [4.78, 5) is 23.3. The molecule has 0 fully saturated rings. The van der Waals surface area contributed by atoms with Crippen molar-refractivity contribution in [3.63, 3.8) is 0 Å². The fourth-order valence-corrected chi connectivity index (χ4v) is 2.58. The molecule has 0 atom stereocenters. The Kier molecular flexibility index (Phi) is 6.58. The van der Waals surface area contributed by atoms with Gasteiger partial charge in [-0.25, -0.2) is 4.39 Å². The average Bonchev–Trinajstić information content (AvgIpc) is 2.57. The molecular weight excluding hydrogens is 359 g/mol. The van der Waals surface area contributed by atoms with Crippen molar-refractivity contribution in [2.45, 2.75) is 26.7 Å². The Hall–Kier alpha value is -2.60. The van der Waals surface area contributed by atoms with Gasteiger partial charge < -0.3 is 15.8 Å². The second kappa shape index (κ2) is 8.67. The molecular formula is C19H20ClFN2O3. The SMILES string of the molecule is Cc1cc(Cl)ccc1OCCCC(=O)Nc1cc(C(N)=O)cc(F)c1C. The van der Waals surface area contributed by atoms with Crippen molar-refractivity contribution in [3.8, 4) is 5.75 Å². The molecule has 0 saturated carbocycles. The summed E-state index contributed by atoms with van der Waals surface area (Å²) in [6.07, 6.45) is 0.666. The zero-order valence-electron chi connectivity index (χ0n) is 14.6. The largest absolute Gasteiger partial charge is 0.493 e. The number of carbonyl (C=O) groups is 2. The molecule has 2 aromatic rings. The molecule has 0 unspecified atom stereocenters. The first-order valence-corrected chi connectivity index (χ1v) is 8.44. The molecule has 0 aliphatic heterocycles. The summed E-state index contributed by atoms with van der Waals surface area (Å²) < 4.78 is 19.4. The minimum absolute atomic E-state index is 0.00458. The molecule has 2 rings (SSSR count). The van der Waals surface area contributed by atoms with Crippen molar-refractivity contribution in [1.29, 1.82) is 0 Å². The van der Waals surface area contributed by atoms with Crippen molar-refractivity contribution in [3.05, 3.63) is 57.9 Å². The minimum atomic E-state index is -0.758. The lowest BCUT2D eigenvalue weighted by Crippen LogP contribution is -2.16. The highest BCUT2D eigenvalue weighted by Gasteiger charge is 2.12. The number of hydrogen-bond acceptors (Lipinski definition) is 3. The van der Waals surface area contributed by atoms with Gasteiger partial charge in [-0.05, 0) is 56.2 Å². The monoisotopic (exact) mass is 378 g/mol. The van der Waals surface area contributed by atoms with Crippen LogP contribution in [-0.4, -0.2) is 18.4 Å². The topological polar surface area (TPSA) is 81.4 Å². The van der Waals surface area contributed by atoms with E-state index in [1.54, 1.807) is 18.2 Å². The molecule has 0 aliphatic rings. The first kappa shape index (κ1) is 19.7. The van der Waals surface area contributed by atoms with Crippen LogP contribution in [0.15, 0.2) is 30.3 Å². The summed E-state index contributed by atoms with van der Waals surface area (Å²) in [6, 6.07) is 7.73. The molecule has 0 heterocycles. The third kappa shape index (κ3) is 5.20. The van der Waals surface area contributed by atoms with Crippen molar-refractivity contribution in [2.24, 2.45) is 5.73 Å². The summed E-state index contributed by atoms with van der Waals surface area (Å²) in [5.41, 5.74) is 6.56. The van der Waals surface area contributed by atoms with Crippen LogP contribution in [0.1, 0.15) is 34.3 Å². The van der Waals surface area contributed by atoms with Gasteiger partial charge in [0.2, 0.25) is 11.8 Å². The lowest BCUT2D eigenvalue weighted by atomic mass is 10.1. The van der Waals surface area contributed by atoms with Crippen molar-refractivity contribution < 1.29 is 18.7 Å². The van der Waals surface area contributed by atoms with Crippen LogP contribution < -0.4 is 15.8 Å². The zero-order chi connectivity index (χ0) is 19.3. The first-order chi connectivity index (χ1) is 12.3. The summed E-state index contributed by atoms with van der Waals surface area (Å²) in [6.45, 7) is 3.75. The van der Waals surface area contributed by atoms with E-state index in [2.05, 4.69) is 5.32 Å². The molecule has 0 spiro atoms. The fourth-order valence-electron chi connectivity index (χ4n) is 2.35. The molecule has 0 radical (unpaired) electrons. The number of aryl methyl sites for hydroxylation is 1. The Labute approximate surface area is 156 Å². The van der Waals surface area contributed by atoms with Gasteiger partial charge in [0.1, 0.15) is 11.6 Å². The van der Waals surface area contributed by atoms with E-state index in [1.165, 1.54) is 13.0 Å². The maximum absolute atomic E-state index is 13.8. The van der Waals surface area contributed by atoms with E-state index in [0.717, 1.165) is 11.6 Å². The maximum Gasteiger partial charge on any atom is 0.248 e. The van der Waals surface area contributed by atoms with Gasteiger partial charge in [-0.1, -0.05) is 11.6 Å². The van der Waals surface area contributed by atoms with E-state index < -0.39 is 11.7 Å². The lowest BCUT2D eigenvalue weighted by molar-refractivity contribution is -0.116. The van der Waals surface area contributed by atoms with Crippen LogP contribution in [0.25, 0.3) is 0 Å². The van der Waals surface area contributed by atoms with Crippen LogP contribution in [0.4, 0.5) is 10.1 Å². The number of benzene rings is 2. The van der Waals surface area contributed by atoms with E-state index in [1.807, 2.05) is 6.92 Å². The van der Waals surface area contributed by atoms with Gasteiger partial charge in [-0.3, -0.25) is 9.59 Å². The van der Waals surface area contributed by atoms with Crippen LogP contribution >= 0.6 is 11.6 Å². The smallest absolute Gasteiger partial charge is 0.248 e. The summed E-state index contributed by atoms with van der Waals surface area (Å²) >= 11 is 5.89. The van der Waals surface area contributed by atoms with Crippen molar-refractivity contribution >= 4 is 29.1 Å². The lowest BCUT2D eigenvalue weighted by Gasteiger charge is -2.12. The van der Waals surface area contributed by atoms with Gasteiger partial charge in [0, 0.05) is 28.3 Å². The number of anilines is 1. The number of primary amides is 1. The molecule has 7 heteroatoms. The van der Waals surface area contributed by atoms with Crippen molar-refractivity contribution in [2.75, 3.05) is 11.9 Å². The molecule has 5 nitrogen and oxygen atoms in total. The molecule has 3 N–H and O–H groups in total. The molecule has 138 valence electrons. The van der Waals surface area contributed by atoms with Gasteiger partial charge in [0.15, 0.2) is 0 Å². The molecule has 2 aromatic carbocycles. The minimum Gasteiger partial charge on any atom is -0.493 e. The van der Waals surface area contributed by atoms with E-state index in [0.29, 0.717) is 23.8 Å². The number of hydrogen-bond donors (Lipinski definition) is 2. The molecule has 0 aromatic heterocycles. The van der Waals surface area contributed by atoms with E-state index in [4.69, 9.17) is 22.1 Å². The highest BCUT2D eigenvalue weighted by Crippen LogP contribution is 2.23. The summed E-state index contributed by atoms with van der Waals surface area (Å²) in [5, 5.41) is 3.24. The average molecular weight is 379 g/mol. The standard InChI is InChI=1S/C19H20ClFN2O3/c1-11-8-14(20)5-6-17(11)26-7-3-4-18(24)23-16-10-13(19(22)25)9-15(21)12(16)2/h5-6,8-10H,3-4,7H2,1-2H3,(H2,22,25)(H,23,24). The second-order valence-corrected chi connectivity index (χ2v) is 6.34. The molecule has 0 saturated heterocycles. The van der Waals surface area contributed by atoms with Crippen LogP contribution in [0.3, 0.4) is 0 Å². The highest BCUT2D eigenvalue weighted by atomic mass is 35.5. The Morgan fingerprint density at radius 2 is 1.96 bits per heavy atom. The Bertz CT molecular complexity index is 840. The van der Waals surface area contributed by atoms with Crippen LogP contribution in [0, 0.1) is 19.7 Å². The number of halogens is 2. The highest BCUT2D eigenvalue weighted by molar-refractivity contribution is 6.30. The summed E-state index contributed by atoms with van der Waals surface area (Å²) in [5.74, 6) is -0.947. The predicted octanol–water partition coefficient (Wildman–Crippen LogP) is 3.99. The number of nitrogens with one attached hydrogen (secondary N) is 1. The van der Waals surface area contributed by atoms with E-state index in [9.17, 15) is 14.0 Å². The normalized spacial score (nSPS) is 10.5.